The number of benzene rings is 1. The minimum atomic E-state index is -0.0187. The van der Waals surface area contributed by atoms with Crippen LogP contribution in [0.25, 0.3) is 0 Å². The summed E-state index contributed by atoms with van der Waals surface area (Å²) in [7, 11) is 3.75. The second kappa shape index (κ2) is 7.52. The third-order valence-electron chi connectivity index (χ3n) is 5.57. The summed E-state index contributed by atoms with van der Waals surface area (Å²) >= 11 is 6.23. The molecule has 5 nitrogen and oxygen atoms in total. The molecule has 0 aliphatic carbocycles. The van der Waals surface area contributed by atoms with Crippen molar-refractivity contribution in [3.63, 3.8) is 0 Å². The first kappa shape index (κ1) is 18.5. The maximum absolute atomic E-state index is 12.8. The Morgan fingerprint density at radius 2 is 2.16 bits per heavy atom. The van der Waals surface area contributed by atoms with Crippen LogP contribution < -0.4 is 4.74 Å². The fraction of sp³-hybridized carbons (Fsp3) is 0.632. The van der Waals surface area contributed by atoms with E-state index in [1.807, 2.05) is 11.8 Å². The van der Waals surface area contributed by atoms with Crippen molar-refractivity contribution in [3.8, 4) is 5.75 Å². The predicted octanol–water partition coefficient (Wildman–Crippen LogP) is 2.92. The average molecular weight is 367 g/mol. The van der Waals surface area contributed by atoms with E-state index in [4.69, 9.17) is 21.1 Å². The molecule has 2 fully saturated rings. The second-order valence-electron chi connectivity index (χ2n) is 7.17. The van der Waals surface area contributed by atoms with Crippen LogP contribution in [-0.2, 0) is 4.74 Å². The van der Waals surface area contributed by atoms with Gasteiger partial charge in [0.25, 0.3) is 5.91 Å². The van der Waals surface area contributed by atoms with Gasteiger partial charge in [-0.05, 0) is 57.5 Å². The summed E-state index contributed by atoms with van der Waals surface area (Å²) in [5, 5.41) is 0.470. The van der Waals surface area contributed by atoms with Gasteiger partial charge in [-0.1, -0.05) is 11.6 Å². The summed E-state index contributed by atoms with van der Waals surface area (Å²) in [6.45, 7) is 6.17. The Hall–Kier alpha value is -1.30. The molecule has 0 saturated carbocycles. The normalized spacial score (nSPS) is 22.7. The van der Waals surface area contributed by atoms with Crippen molar-refractivity contribution in [2.75, 3.05) is 47.0 Å². The highest BCUT2D eigenvalue weighted by molar-refractivity contribution is 6.33. The van der Waals surface area contributed by atoms with E-state index >= 15 is 0 Å². The molecule has 1 atom stereocenters. The Balaban J connectivity index is 1.67. The van der Waals surface area contributed by atoms with Gasteiger partial charge in [0.1, 0.15) is 5.75 Å². The summed E-state index contributed by atoms with van der Waals surface area (Å²) in [6.07, 6.45) is 2.24. The van der Waals surface area contributed by atoms with Crippen LogP contribution in [0, 0.1) is 5.92 Å². The fourth-order valence-corrected chi connectivity index (χ4v) is 4.18. The number of halogens is 1. The number of piperidine rings is 1. The number of rotatable bonds is 5. The van der Waals surface area contributed by atoms with Crippen molar-refractivity contribution in [1.82, 2.24) is 9.80 Å². The van der Waals surface area contributed by atoms with Gasteiger partial charge in [-0.3, -0.25) is 9.69 Å². The second-order valence-corrected chi connectivity index (χ2v) is 7.58. The van der Waals surface area contributed by atoms with Crippen molar-refractivity contribution in [2.24, 2.45) is 5.92 Å². The van der Waals surface area contributed by atoms with Crippen LogP contribution >= 0.6 is 11.6 Å². The smallest absolute Gasteiger partial charge is 0.255 e. The molecule has 0 aromatic heterocycles. The van der Waals surface area contributed by atoms with Gasteiger partial charge in [-0.15, -0.1) is 0 Å². The highest BCUT2D eigenvalue weighted by atomic mass is 35.5. The van der Waals surface area contributed by atoms with E-state index in [-0.39, 0.29) is 11.4 Å². The number of nitrogens with zero attached hydrogens (tertiary/aromatic N) is 2. The number of hydrogen-bond acceptors (Lipinski definition) is 4. The summed E-state index contributed by atoms with van der Waals surface area (Å²) in [5.41, 5.74) is 0.598. The molecule has 0 N–H and O–H groups in total. The molecule has 1 amide bonds. The van der Waals surface area contributed by atoms with Crippen LogP contribution in [-0.4, -0.2) is 68.3 Å². The topological polar surface area (TPSA) is 42.0 Å². The molecule has 0 unspecified atom stereocenters. The summed E-state index contributed by atoms with van der Waals surface area (Å²) < 4.78 is 10.8. The molecular weight excluding hydrogens is 340 g/mol. The molecule has 2 aliphatic rings. The van der Waals surface area contributed by atoms with E-state index in [2.05, 4.69) is 11.9 Å². The maximum atomic E-state index is 12.8. The van der Waals surface area contributed by atoms with Crippen LogP contribution in [0.5, 0.6) is 5.75 Å². The van der Waals surface area contributed by atoms with E-state index in [9.17, 15) is 4.79 Å². The zero-order chi connectivity index (χ0) is 18.0. The number of methoxy groups -OCH3 is 1. The quantitative estimate of drug-likeness (QED) is 0.803. The SMILES string of the molecule is CCOC[C@H]1CCN(C)C2(C1)CN(C(=O)c1cc(OC)ccc1Cl)C2. The summed E-state index contributed by atoms with van der Waals surface area (Å²) in [5.74, 6) is 1.21. The lowest BCUT2D eigenvalue weighted by Gasteiger charge is -2.58. The van der Waals surface area contributed by atoms with Gasteiger partial charge in [0.2, 0.25) is 0 Å². The van der Waals surface area contributed by atoms with Crippen LogP contribution in [0.15, 0.2) is 18.2 Å². The molecule has 2 heterocycles. The monoisotopic (exact) mass is 366 g/mol. The molecule has 1 aromatic carbocycles. The average Bonchev–Trinajstić information content (AvgIpc) is 2.59. The van der Waals surface area contributed by atoms with E-state index in [0.717, 1.165) is 45.7 Å². The van der Waals surface area contributed by atoms with Crippen molar-refractivity contribution < 1.29 is 14.3 Å². The molecule has 2 saturated heterocycles. The van der Waals surface area contributed by atoms with Crippen molar-refractivity contribution in [1.29, 1.82) is 0 Å². The lowest BCUT2D eigenvalue weighted by Crippen LogP contribution is -2.72. The first-order chi connectivity index (χ1) is 12.0. The summed E-state index contributed by atoms with van der Waals surface area (Å²) in [4.78, 5) is 17.1. The van der Waals surface area contributed by atoms with Crippen LogP contribution in [0.3, 0.4) is 0 Å². The number of ether oxygens (including phenoxy) is 2. The maximum Gasteiger partial charge on any atom is 0.255 e. The number of hydrogen-bond donors (Lipinski definition) is 0. The van der Waals surface area contributed by atoms with Gasteiger partial charge >= 0.3 is 0 Å². The Bertz CT molecular complexity index is 629. The zero-order valence-corrected chi connectivity index (χ0v) is 16.0. The lowest BCUT2D eigenvalue weighted by molar-refractivity contribution is -0.0751. The molecule has 0 bridgehead atoms. The lowest BCUT2D eigenvalue weighted by atomic mass is 9.75. The van der Waals surface area contributed by atoms with Crippen LogP contribution in [0.1, 0.15) is 30.1 Å². The van der Waals surface area contributed by atoms with Gasteiger partial charge in [-0.25, -0.2) is 0 Å². The molecule has 6 heteroatoms. The van der Waals surface area contributed by atoms with Gasteiger partial charge in [0, 0.05) is 26.3 Å². The number of carbonyl (C=O) groups excluding carboxylic acids is 1. The standard InChI is InChI=1S/C19H27ClN2O3/c1-4-25-11-14-7-8-21(2)19(10-14)12-22(13-19)18(23)16-9-15(24-3)5-6-17(16)20/h5-6,9,14H,4,7-8,10-13H2,1-3H3/t14-/m0/s1. The van der Waals surface area contributed by atoms with Crippen LogP contribution in [0.2, 0.25) is 5.02 Å². The van der Waals surface area contributed by atoms with Gasteiger partial charge < -0.3 is 14.4 Å². The van der Waals surface area contributed by atoms with E-state index in [1.165, 1.54) is 0 Å². The van der Waals surface area contributed by atoms with Crippen molar-refractivity contribution in [3.05, 3.63) is 28.8 Å². The number of amides is 1. The Kier molecular flexibility index (Phi) is 5.56. The largest absolute Gasteiger partial charge is 0.497 e. The number of carbonyl (C=O) groups is 1. The third-order valence-corrected chi connectivity index (χ3v) is 5.90. The fourth-order valence-electron chi connectivity index (χ4n) is 3.98. The minimum Gasteiger partial charge on any atom is -0.497 e. The van der Waals surface area contributed by atoms with Gasteiger partial charge in [-0.2, -0.15) is 0 Å². The van der Waals surface area contributed by atoms with Crippen LogP contribution in [0.4, 0.5) is 0 Å². The predicted molar refractivity (Wildman–Crippen MR) is 98.5 cm³/mol. The molecule has 3 rings (SSSR count). The first-order valence-electron chi connectivity index (χ1n) is 8.91. The van der Waals surface area contributed by atoms with E-state index in [1.54, 1.807) is 25.3 Å². The number of likely N-dealkylation sites (N-methyl/N-ethyl adjacent to an activating group) is 1. The number of likely N-dealkylation sites (tertiary alicyclic amines) is 2. The zero-order valence-electron chi connectivity index (χ0n) is 15.3. The molecular formula is C19H27ClN2O3. The summed E-state index contributed by atoms with van der Waals surface area (Å²) in [6, 6.07) is 5.20. The highest BCUT2D eigenvalue weighted by Crippen LogP contribution is 2.39. The molecule has 1 spiro atoms. The first-order valence-corrected chi connectivity index (χ1v) is 9.28. The molecule has 2 aliphatic heterocycles. The minimum absolute atomic E-state index is 0.0187. The Morgan fingerprint density at radius 3 is 2.84 bits per heavy atom. The Labute approximate surface area is 154 Å². The highest BCUT2D eigenvalue weighted by Gasteiger charge is 2.51. The van der Waals surface area contributed by atoms with Crippen molar-refractivity contribution in [2.45, 2.75) is 25.3 Å². The van der Waals surface area contributed by atoms with E-state index < -0.39 is 0 Å². The third kappa shape index (κ3) is 3.64. The molecule has 25 heavy (non-hydrogen) atoms. The van der Waals surface area contributed by atoms with E-state index in [0.29, 0.717) is 22.3 Å². The van der Waals surface area contributed by atoms with Crippen molar-refractivity contribution >= 4 is 17.5 Å². The Morgan fingerprint density at radius 1 is 1.40 bits per heavy atom. The molecule has 0 radical (unpaired) electrons. The molecule has 138 valence electrons. The molecule has 1 aromatic rings. The van der Waals surface area contributed by atoms with Gasteiger partial charge in [0.15, 0.2) is 0 Å². The van der Waals surface area contributed by atoms with Gasteiger partial charge in [0.05, 0.1) is 23.2 Å².